The molecule has 1 aliphatic heterocycles. The second-order valence-corrected chi connectivity index (χ2v) is 5.06. The highest BCUT2D eigenvalue weighted by Gasteiger charge is 2.30. The van der Waals surface area contributed by atoms with Crippen LogP contribution in [0.5, 0.6) is 0 Å². The van der Waals surface area contributed by atoms with Gasteiger partial charge in [-0.15, -0.1) is 0 Å². The zero-order valence-corrected chi connectivity index (χ0v) is 12.2. The van der Waals surface area contributed by atoms with Crippen molar-refractivity contribution in [2.24, 2.45) is 13.0 Å². The van der Waals surface area contributed by atoms with Gasteiger partial charge in [0.1, 0.15) is 17.5 Å². The zero-order chi connectivity index (χ0) is 14.7. The van der Waals surface area contributed by atoms with E-state index in [1.807, 2.05) is 20.9 Å². The molecule has 1 aromatic rings. The number of ether oxygens (including phenoxy) is 1. The number of carbonyl (C=O) groups excluding carboxylic acids is 1. The van der Waals surface area contributed by atoms with E-state index < -0.39 is 0 Å². The van der Waals surface area contributed by atoms with E-state index in [-0.39, 0.29) is 11.9 Å². The molecule has 1 unspecified atom stereocenters. The Bertz CT molecular complexity index is 544. The molecule has 1 atom stereocenters. The first kappa shape index (κ1) is 14.4. The van der Waals surface area contributed by atoms with Crippen molar-refractivity contribution in [3.8, 4) is 6.07 Å². The van der Waals surface area contributed by atoms with E-state index in [1.54, 1.807) is 4.68 Å². The summed E-state index contributed by atoms with van der Waals surface area (Å²) in [5, 5.41) is 13.6. The molecule has 2 rings (SSSR count). The fourth-order valence-electron chi connectivity index (χ4n) is 2.76. The standard InChI is InChI=1S/C14H20N4O2/c1-4-20-14(19)11-6-5-7-18(9-11)13-12(8-15)10(2)16-17(13)3/h11H,4-7,9H2,1-3H3. The van der Waals surface area contributed by atoms with Crippen molar-refractivity contribution in [1.82, 2.24) is 9.78 Å². The van der Waals surface area contributed by atoms with Gasteiger partial charge >= 0.3 is 5.97 Å². The Morgan fingerprint density at radius 1 is 1.60 bits per heavy atom. The van der Waals surface area contributed by atoms with Crippen molar-refractivity contribution < 1.29 is 9.53 Å². The summed E-state index contributed by atoms with van der Waals surface area (Å²) in [5.74, 6) is 0.541. The van der Waals surface area contributed by atoms with E-state index in [0.29, 0.717) is 18.7 Å². The Kier molecular flexibility index (Phi) is 4.28. The van der Waals surface area contributed by atoms with Gasteiger partial charge in [0.2, 0.25) is 0 Å². The monoisotopic (exact) mass is 276 g/mol. The van der Waals surface area contributed by atoms with Crippen molar-refractivity contribution in [3.05, 3.63) is 11.3 Å². The number of nitriles is 1. The van der Waals surface area contributed by atoms with Crippen molar-refractivity contribution in [2.75, 3.05) is 24.6 Å². The van der Waals surface area contributed by atoms with Crippen LogP contribution in [0.3, 0.4) is 0 Å². The number of carbonyl (C=O) groups is 1. The number of nitrogens with zero attached hydrogens (tertiary/aromatic N) is 4. The maximum atomic E-state index is 11.9. The van der Waals surface area contributed by atoms with Gasteiger partial charge in [-0.2, -0.15) is 10.4 Å². The number of hydrogen-bond acceptors (Lipinski definition) is 5. The van der Waals surface area contributed by atoms with Crippen LogP contribution in [0.2, 0.25) is 0 Å². The topological polar surface area (TPSA) is 71.2 Å². The van der Waals surface area contributed by atoms with E-state index in [4.69, 9.17) is 4.74 Å². The van der Waals surface area contributed by atoms with Gasteiger partial charge in [-0.25, -0.2) is 0 Å². The lowest BCUT2D eigenvalue weighted by molar-refractivity contribution is -0.148. The first-order valence-electron chi connectivity index (χ1n) is 6.93. The molecule has 6 heteroatoms. The molecule has 1 aliphatic rings. The third-order valence-corrected chi connectivity index (χ3v) is 3.64. The fourth-order valence-corrected chi connectivity index (χ4v) is 2.76. The molecule has 0 aliphatic carbocycles. The van der Waals surface area contributed by atoms with Gasteiger partial charge in [0.25, 0.3) is 0 Å². The molecule has 1 aromatic heterocycles. The van der Waals surface area contributed by atoms with E-state index in [1.165, 1.54) is 0 Å². The average Bonchev–Trinajstić information content (AvgIpc) is 2.73. The lowest BCUT2D eigenvalue weighted by atomic mass is 9.98. The highest BCUT2D eigenvalue weighted by molar-refractivity contribution is 5.74. The molecule has 0 spiro atoms. The molecule has 1 fully saturated rings. The molecule has 0 radical (unpaired) electrons. The number of esters is 1. The van der Waals surface area contributed by atoms with Gasteiger partial charge in [-0.3, -0.25) is 9.48 Å². The van der Waals surface area contributed by atoms with Crippen LogP contribution in [0, 0.1) is 24.2 Å². The van der Waals surface area contributed by atoms with Gasteiger partial charge in [0, 0.05) is 20.1 Å². The van der Waals surface area contributed by atoms with Crippen LogP contribution in [0.1, 0.15) is 31.0 Å². The minimum absolute atomic E-state index is 0.120. The summed E-state index contributed by atoms with van der Waals surface area (Å²) in [6.45, 7) is 5.48. The predicted octanol–water partition coefficient (Wildman–Crippen LogP) is 1.38. The summed E-state index contributed by atoms with van der Waals surface area (Å²) in [6, 6.07) is 2.21. The lowest BCUT2D eigenvalue weighted by Gasteiger charge is -2.33. The molecule has 0 amide bonds. The van der Waals surface area contributed by atoms with Crippen LogP contribution in [0.15, 0.2) is 0 Å². The summed E-state index contributed by atoms with van der Waals surface area (Å²) >= 11 is 0. The molecule has 6 nitrogen and oxygen atoms in total. The Morgan fingerprint density at radius 2 is 2.35 bits per heavy atom. The lowest BCUT2D eigenvalue weighted by Crippen LogP contribution is -2.40. The summed E-state index contributed by atoms with van der Waals surface area (Å²) < 4.78 is 6.83. The number of rotatable bonds is 3. The van der Waals surface area contributed by atoms with Gasteiger partial charge in [-0.1, -0.05) is 0 Å². The number of hydrogen-bond donors (Lipinski definition) is 0. The molecule has 1 saturated heterocycles. The third kappa shape index (κ3) is 2.62. The normalized spacial score (nSPS) is 18.7. The number of anilines is 1. The highest BCUT2D eigenvalue weighted by atomic mass is 16.5. The van der Waals surface area contributed by atoms with Crippen molar-refractivity contribution in [1.29, 1.82) is 5.26 Å². The van der Waals surface area contributed by atoms with Crippen LogP contribution in [0.25, 0.3) is 0 Å². The second kappa shape index (κ2) is 5.95. The quantitative estimate of drug-likeness (QED) is 0.780. The van der Waals surface area contributed by atoms with Gasteiger partial charge < -0.3 is 9.64 Å². The maximum absolute atomic E-state index is 11.9. The number of piperidine rings is 1. The van der Waals surface area contributed by atoms with Crippen molar-refractivity contribution in [3.63, 3.8) is 0 Å². The summed E-state index contributed by atoms with van der Waals surface area (Å²) in [4.78, 5) is 14.0. The Labute approximate surface area is 118 Å². The smallest absolute Gasteiger partial charge is 0.310 e. The molecule has 0 N–H and O–H groups in total. The highest BCUT2D eigenvalue weighted by Crippen LogP contribution is 2.27. The maximum Gasteiger partial charge on any atom is 0.310 e. The van der Waals surface area contributed by atoms with Crippen LogP contribution in [-0.4, -0.2) is 35.4 Å². The van der Waals surface area contributed by atoms with Gasteiger partial charge in [0.05, 0.1) is 18.2 Å². The van der Waals surface area contributed by atoms with Crippen molar-refractivity contribution in [2.45, 2.75) is 26.7 Å². The molecule has 0 bridgehead atoms. The Hall–Kier alpha value is -2.03. The van der Waals surface area contributed by atoms with E-state index in [0.717, 1.165) is 30.9 Å². The molecular formula is C14H20N4O2. The van der Waals surface area contributed by atoms with E-state index >= 15 is 0 Å². The summed E-state index contributed by atoms with van der Waals surface area (Å²) in [6.07, 6.45) is 1.76. The van der Waals surface area contributed by atoms with Crippen LogP contribution >= 0.6 is 0 Å². The molecule has 0 aromatic carbocycles. The predicted molar refractivity (Wildman–Crippen MR) is 74.2 cm³/mol. The minimum Gasteiger partial charge on any atom is -0.466 e. The molecule has 20 heavy (non-hydrogen) atoms. The van der Waals surface area contributed by atoms with Crippen LogP contribution in [-0.2, 0) is 16.6 Å². The second-order valence-electron chi connectivity index (χ2n) is 5.06. The third-order valence-electron chi connectivity index (χ3n) is 3.64. The summed E-state index contributed by atoms with van der Waals surface area (Å²) in [5.41, 5.74) is 1.32. The molecule has 0 saturated carbocycles. The van der Waals surface area contributed by atoms with Gasteiger partial charge in [-0.05, 0) is 26.7 Å². The number of aromatic nitrogens is 2. The first-order chi connectivity index (χ1) is 9.58. The fraction of sp³-hybridized carbons (Fsp3) is 0.643. The van der Waals surface area contributed by atoms with E-state index in [9.17, 15) is 10.1 Å². The molecule has 108 valence electrons. The van der Waals surface area contributed by atoms with Crippen LogP contribution < -0.4 is 4.90 Å². The average molecular weight is 276 g/mol. The molecular weight excluding hydrogens is 256 g/mol. The Balaban J connectivity index is 2.22. The van der Waals surface area contributed by atoms with Crippen molar-refractivity contribution >= 4 is 11.8 Å². The zero-order valence-electron chi connectivity index (χ0n) is 12.2. The van der Waals surface area contributed by atoms with Gasteiger partial charge in [0.15, 0.2) is 0 Å². The minimum atomic E-state index is -0.144. The Morgan fingerprint density at radius 3 is 3.00 bits per heavy atom. The van der Waals surface area contributed by atoms with E-state index in [2.05, 4.69) is 16.1 Å². The summed E-state index contributed by atoms with van der Waals surface area (Å²) in [7, 11) is 1.83. The first-order valence-corrected chi connectivity index (χ1v) is 6.93. The molecule has 2 heterocycles. The number of aryl methyl sites for hydroxylation is 2. The SMILES string of the molecule is CCOC(=O)C1CCCN(c2c(C#N)c(C)nn2C)C1. The van der Waals surface area contributed by atoms with Crippen LogP contribution in [0.4, 0.5) is 5.82 Å². The largest absolute Gasteiger partial charge is 0.466 e.